The molecule has 0 unspecified atom stereocenters. The van der Waals surface area contributed by atoms with Crippen LogP contribution in [0.4, 0.5) is 36.4 Å². The quantitative estimate of drug-likeness (QED) is 0.398. The van der Waals surface area contributed by atoms with Gasteiger partial charge in [-0.3, -0.25) is 15.1 Å². The van der Waals surface area contributed by atoms with Crippen molar-refractivity contribution in [2.24, 2.45) is 0 Å². The standard InChI is InChI=1S/C19H18F7N3OS/c1-16(2,28-11-12-7-9-27-10-8-12)15(30)29-13-3-5-14(6-4-13)31-19(25,26)17(20,21)18(22,23)24/h3-10,28H,11H2,1-2H3,(H,29,30). The second kappa shape index (κ2) is 9.03. The first-order valence-electron chi connectivity index (χ1n) is 8.72. The fourth-order valence-electron chi connectivity index (χ4n) is 2.17. The Hall–Kier alpha value is -2.34. The molecule has 0 aliphatic heterocycles. The summed E-state index contributed by atoms with van der Waals surface area (Å²) in [4.78, 5) is 15.8. The Morgan fingerprint density at radius 1 is 0.935 bits per heavy atom. The molecule has 0 atom stereocenters. The van der Waals surface area contributed by atoms with Crippen molar-refractivity contribution in [1.29, 1.82) is 0 Å². The number of aromatic nitrogens is 1. The van der Waals surface area contributed by atoms with Crippen LogP contribution in [-0.2, 0) is 11.3 Å². The molecule has 0 bridgehead atoms. The zero-order chi connectivity index (χ0) is 23.5. The van der Waals surface area contributed by atoms with E-state index < -0.39 is 45.5 Å². The highest BCUT2D eigenvalue weighted by atomic mass is 32.2. The lowest BCUT2D eigenvalue weighted by molar-refractivity contribution is -0.330. The van der Waals surface area contributed by atoms with E-state index in [1.807, 2.05) is 0 Å². The van der Waals surface area contributed by atoms with Gasteiger partial charge in [-0.1, -0.05) is 0 Å². The zero-order valence-corrected chi connectivity index (χ0v) is 17.1. The van der Waals surface area contributed by atoms with Crippen LogP contribution in [0.3, 0.4) is 0 Å². The van der Waals surface area contributed by atoms with Crippen molar-refractivity contribution in [3.05, 3.63) is 54.4 Å². The number of thioether (sulfide) groups is 1. The summed E-state index contributed by atoms with van der Waals surface area (Å²) in [7, 11) is 0. The molecule has 0 saturated carbocycles. The number of alkyl halides is 7. The fourth-order valence-corrected chi connectivity index (χ4v) is 2.99. The van der Waals surface area contributed by atoms with Gasteiger partial charge in [-0.15, -0.1) is 0 Å². The van der Waals surface area contributed by atoms with E-state index in [1.54, 1.807) is 38.4 Å². The van der Waals surface area contributed by atoms with Crippen molar-refractivity contribution >= 4 is 23.4 Å². The Kier molecular flexibility index (Phi) is 7.26. The minimum atomic E-state index is -6.40. The van der Waals surface area contributed by atoms with Gasteiger partial charge in [0.25, 0.3) is 0 Å². The number of pyridine rings is 1. The van der Waals surface area contributed by atoms with Crippen LogP contribution in [0.15, 0.2) is 53.7 Å². The van der Waals surface area contributed by atoms with Crippen LogP contribution in [0.25, 0.3) is 0 Å². The molecular weight excluding hydrogens is 451 g/mol. The first kappa shape index (κ1) is 24.9. The number of nitrogens with one attached hydrogen (secondary N) is 2. The molecule has 0 aliphatic carbocycles. The number of hydrogen-bond acceptors (Lipinski definition) is 4. The van der Waals surface area contributed by atoms with E-state index >= 15 is 0 Å². The summed E-state index contributed by atoms with van der Waals surface area (Å²) in [6, 6.07) is 7.60. The number of nitrogens with zero attached hydrogens (tertiary/aromatic N) is 1. The average molecular weight is 469 g/mol. The minimum absolute atomic E-state index is 0.152. The topological polar surface area (TPSA) is 54.0 Å². The third-order valence-corrected chi connectivity index (χ3v) is 5.15. The summed E-state index contributed by atoms with van der Waals surface area (Å²) >= 11 is -0.915. The van der Waals surface area contributed by atoms with Gasteiger partial charge in [-0.25, -0.2) is 0 Å². The molecule has 2 aromatic rings. The Balaban J connectivity index is 2.00. The Morgan fingerprint density at radius 3 is 2.00 bits per heavy atom. The van der Waals surface area contributed by atoms with Crippen molar-refractivity contribution in [2.45, 2.75) is 48.2 Å². The number of benzene rings is 1. The van der Waals surface area contributed by atoms with Gasteiger partial charge in [0.05, 0.1) is 5.54 Å². The van der Waals surface area contributed by atoms with Gasteiger partial charge in [0, 0.05) is 29.5 Å². The lowest BCUT2D eigenvalue weighted by Crippen LogP contribution is -2.49. The lowest BCUT2D eigenvalue weighted by Gasteiger charge is -2.27. The van der Waals surface area contributed by atoms with Crippen LogP contribution >= 0.6 is 11.8 Å². The summed E-state index contributed by atoms with van der Waals surface area (Å²) < 4.78 is 89.7. The second-order valence-corrected chi connectivity index (χ2v) is 8.19. The van der Waals surface area contributed by atoms with Crippen molar-refractivity contribution < 1.29 is 35.5 Å². The molecule has 1 heterocycles. The van der Waals surface area contributed by atoms with Gasteiger partial charge in [0.15, 0.2) is 0 Å². The molecule has 12 heteroatoms. The maximum atomic E-state index is 13.5. The molecule has 4 nitrogen and oxygen atoms in total. The van der Waals surface area contributed by atoms with E-state index in [0.717, 1.165) is 29.8 Å². The Labute approximate surface area is 177 Å². The van der Waals surface area contributed by atoms with Crippen LogP contribution in [-0.4, -0.2) is 33.8 Å². The number of amides is 1. The SMILES string of the molecule is CC(C)(NCc1ccncc1)C(=O)Nc1ccc(SC(F)(F)C(F)(F)C(F)(F)F)cc1. The van der Waals surface area contributed by atoms with E-state index in [9.17, 15) is 35.5 Å². The summed E-state index contributed by atoms with van der Waals surface area (Å²) in [5, 5.41) is 0.152. The van der Waals surface area contributed by atoms with Crippen LogP contribution in [0.1, 0.15) is 19.4 Å². The average Bonchev–Trinajstić information content (AvgIpc) is 2.67. The molecule has 0 fully saturated rings. The first-order chi connectivity index (χ1) is 14.2. The second-order valence-electron chi connectivity index (χ2n) is 7.00. The van der Waals surface area contributed by atoms with Gasteiger partial charge in [-0.2, -0.15) is 30.7 Å². The van der Waals surface area contributed by atoms with E-state index in [4.69, 9.17) is 0 Å². The van der Waals surface area contributed by atoms with Gasteiger partial charge >= 0.3 is 17.4 Å². The predicted molar refractivity (Wildman–Crippen MR) is 102 cm³/mol. The molecule has 31 heavy (non-hydrogen) atoms. The normalized spacial score (nSPS) is 13.2. The predicted octanol–water partition coefficient (Wildman–Crippen LogP) is 5.47. The zero-order valence-electron chi connectivity index (χ0n) is 16.2. The van der Waals surface area contributed by atoms with Crippen LogP contribution in [0, 0.1) is 0 Å². The third-order valence-electron chi connectivity index (χ3n) is 4.13. The van der Waals surface area contributed by atoms with Crippen LogP contribution in [0.2, 0.25) is 0 Å². The van der Waals surface area contributed by atoms with E-state index in [1.165, 1.54) is 0 Å². The summed E-state index contributed by atoms with van der Waals surface area (Å²) in [5.41, 5.74) is -0.00810. The molecule has 2 N–H and O–H groups in total. The van der Waals surface area contributed by atoms with Gasteiger partial charge in [-0.05, 0) is 67.6 Å². The molecule has 170 valence electrons. The molecule has 2 rings (SSSR count). The maximum absolute atomic E-state index is 13.5. The van der Waals surface area contributed by atoms with Crippen molar-refractivity contribution in [1.82, 2.24) is 10.3 Å². The summed E-state index contributed by atoms with van der Waals surface area (Å²) in [5.74, 6) is -6.68. The molecule has 1 aromatic heterocycles. The number of hydrogen-bond donors (Lipinski definition) is 2. The highest BCUT2D eigenvalue weighted by molar-refractivity contribution is 8.00. The highest BCUT2D eigenvalue weighted by Gasteiger charge is 2.73. The summed E-state index contributed by atoms with van der Waals surface area (Å²) in [6.07, 6.45) is -3.21. The number of carbonyl (C=O) groups excluding carboxylic acids is 1. The maximum Gasteiger partial charge on any atom is 0.460 e. The van der Waals surface area contributed by atoms with E-state index in [2.05, 4.69) is 15.6 Å². The van der Waals surface area contributed by atoms with Crippen molar-refractivity contribution in [3.8, 4) is 0 Å². The molecule has 0 radical (unpaired) electrons. The fraction of sp³-hybridized carbons (Fsp3) is 0.368. The monoisotopic (exact) mass is 469 g/mol. The lowest BCUT2D eigenvalue weighted by atomic mass is 10.0. The molecule has 0 spiro atoms. The Morgan fingerprint density at radius 2 is 1.48 bits per heavy atom. The van der Waals surface area contributed by atoms with E-state index in [0.29, 0.717) is 6.54 Å². The highest BCUT2D eigenvalue weighted by Crippen LogP contribution is 2.53. The molecule has 1 aromatic carbocycles. The molecular formula is C19H18F7N3OS. The first-order valence-corrected chi connectivity index (χ1v) is 9.54. The largest absolute Gasteiger partial charge is 0.460 e. The van der Waals surface area contributed by atoms with Crippen molar-refractivity contribution in [2.75, 3.05) is 5.32 Å². The van der Waals surface area contributed by atoms with Crippen molar-refractivity contribution in [3.63, 3.8) is 0 Å². The third kappa shape index (κ3) is 6.10. The Bertz CT molecular complexity index is 888. The number of carbonyl (C=O) groups is 1. The smallest absolute Gasteiger partial charge is 0.325 e. The van der Waals surface area contributed by atoms with Gasteiger partial charge in [0.2, 0.25) is 5.91 Å². The van der Waals surface area contributed by atoms with E-state index in [-0.39, 0.29) is 5.69 Å². The number of rotatable bonds is 8. The van der Waals surface area contributed by atoms with Gasteiger partial charge < -0.3 is 5.32 Å². The number of halogens is 7. The molecule has 1 amide bonds. The van der Waals surface area contributed by atoms with Crippen LogP contribution < -0.4 is 10.6 Å². The summed E-state index contributed by atoms with van der Waals surface area (Å²) in [6.45, 7) is 3.57. The van der Waals surface area contributed by atoms with Gasteiger partial charge in [0.1, 0.15) is 0 Å². The number of anilines is 1. The molecule has 0 saturated heterocycles. The van der Waals surface area contributed by atoms with Crippen LogP contribution in [0.5, 0.6) is 0 Å². The minimum Gasteiger partial charge on any atom is -0.325 e. The molecule has 0 aliphatic rings.